The summed E-state index contributed by atoms with van der Waals surface area (Å²) in [5, 5.41) is 8.39. The molecule has 1 amide bonds. The minimum atomic E-state index is -0.229. The maximum atomic E-state index is 12.3. The number of carbonyl (C=O) groups excluding carboxylic acids is 1. The number of piperazine rings is 1. The van der Waals surface area contributed by atoms with Crippen LogP contribution in [0.15, 0.2) is 73.7 Å². The van der Waals surface area contributed by atoms with Gasteiger partial charge >= 0.3 is 0 Å². The van der Waals surface area contributed by atoms with Gasteiger partial charge in [-0.15, -0.1) is 0 Å². The largest absolute Gasteiger partial charge is 0.369 e. The van der Waals surface area contributed by atoms with E-state index in [2.05, 4.69) is 88.2 Å². The maximum absolute atomic E-state index is 12.3. The van der Waals surface area contributed by atoms with Gasteiger partial charge in [-0.3, -0.25) is 9.48 Å². The van der Waals surface area contributed by atoms with Crippen LogP contribution in [0.2, 0.25) is 0 Å². The van der Waals surface area contributed by atoms with Crippen LogP contribution in [0.4, 0.5) is 11.4 Å². The van der Waals surface area contributed by atoms with Crippen molar-refractivity contribution in [3.63, 3.8) is 0 Å². The number of aromatic nitrogens is 4. The number of hydrogen-bond acceptors (Lipinski definition) is 5. The number of fused-ring (bicyclic) bond motifs is 1. The van der Waals surface area contributed by atoms with Crippen molar-refractivity contribution in [2.75, 3.05) is 43.4 Å². The summed E-state index contributed by atoms with van der Waals surface area (Å²) in [5.74, 6) is -0.229. The van der Waals surface area contributed by atoms with E-state index in [1.165, 1.54) is 11.8 Å². The van der Waals surface area contributed by atoms with Gasteiger partial charge in [0.2, 0.25) is 5.91 Å². The summed E-state index contributed by atoms with van der Waals surface area (Å²) in [4.78, 5) is 25.6. The second kappa shape index (κ2) is 10.7. The zero-order valence-corrected chi connectivity index (χ0v) is 24.0. The first kappa shape index (κ1) is 26.5. The van der Waals surface area contributed by atoms with Crippen LogP contribution >= 0.6 is 0 Å². The molecule has 2 N–H and O–H groups in total. The van der Waals surface area contributed by atoms with Crippen LogP contribution in [-0.2, 0) is 11.8 Å². The minimum Gasteiger partial charge on any atom is -0.369 e. The van der Waals surface area contributed by atoms with Gasteiger partial charge in [0, 0.05) is 79.1 Å². The van der Waals surface area contributed by atoms with E-state index in [1.54, 1.807) is 4.68 Å². The van der Waals surface area contributed by atoms with Gasteiger partial charge in [0.15, 0.2) is 0 Å². The first-order chi connectivity index (χ1) is 19.8. The second-order valence-electron chi connectivity index (χ2n) is 10.9. The van der Waals surface area contributed by atoms with Crippen molar-refractivity contribution in [2.45, 2.75) is 13.8 Å². The number of hydrogen-bond donors (Lipinski definition) is 2. The number of pyridine rings is 1. The molecule has 3 aromatic heterocycles. The van der Waals surface area contributed by atoms with Crippen LogP contribution in [0, 0.1) is 13.8 Å². The molecule has 1 aliphatic rings. The molecule has 0 unspecified atom stereocenters. The molecule has 41 heavy (non-hydrogen) atoms. The van der Waals surface area contributed by atoms with Gasteiger partial charge in [-0.05, 0) is 67.4 Å². The molecular weight excluding hydrogens is 510 g/mol. The van der Waals surface area contributed by atoms with E-state index in [1.807, 2.05) is 32.6 Å². The molecule has 0 aliphatic carbocycles. The summed E-state index contributed by atoms with van der Waals surface area (Å²) in [5.41, 5.74) is 11.0. The van der Waals surface area contributed by atoms with Crippen molar-refractivity contribution in [1.82, 2.24) is 24.6 Å². The van der Waals surface area contributed by atoms with Gasteiger partial charge in [0.05, 0.1) is 11.9 Å². The standard InChI is InChI=1S/C33H35N7O/c1-6-29(41)36-31-21(2)7-12-27(22(31)3)30-28-17-24(25-19-35-39(5)20-25)18-34-33(28)37-32(30)23-8-10-26(11-9-23)40-15-13-38(4)14-16-40/h6-12,17-20H,1,13-16H2,2-5H3,(H,34,37)(H,36,41). The van der Waals surface area contributed by atoms with Gasteiger partial charge in [-0.25, -0.2) is 4.98 Å². The highest BCUT2D eigenvalue weighted by Crippen LogP contribution is 2.42. The van der Waals surface area contributed by atoms with Crippen molar-refractivity contribution in [2.24, 2.45) is 7.05 Å². The lowest BCUT2D eigenvalue weighted by Crippen LogP contribution is -2.44. The van der Waals surface area contributed by atoms with E-state index < -0.39 is 0 Å². The molecule has 0 spiro atoms. The molecule has 2 aromatic carbocycles. The molecule has 0 bridgehead atoms. The number of benzene rings is 2. The van der Waals surface area contributed by atoms with E-state index in [4.69, 9.17) is 4.98 Å². The monoisotopic (exact) mass is 545 g/mol. The molecule has 0 radical (unpaired) electrons. The molecular formula is C33H35N7O. The summed E-state index contributed by atoms with van der Waals surface area (Å²) in [6.45, 7) is 11.9. The van der Waals surface area contributed by atoms with E-state index >= 15 is 0 Å². The fraction of sp³-hybridized carbons (Fsp3) is 0.242. The summed E-state index contributed by atoms with van der Waals surface area (Å²) >= 11 is 0. The number of nitrogens with one attached hydrogen (secondary N) is 2. The Labute approximate surface area is 240 Å². The number of aryl methyl sites for hydroxylation is 2. The van der Waals surface area contributed by atoms with Crippen molar-refractivity contribution < 1.29 is 4.79 Å². The van der Waals surface area contributed by atoms with Gasteiger partial charge in [0.1, 0.15) is 5.65 Å². The van der Waals surface area contributed by atoms with Crippen LogP contribution in [0.3, 0.4) is 0 Å². The predicted molar refractivity (Wildman–Crippen MR) is 167 cm³/mol. The number of rotatable bonds is 6. The van der Waals surface area contributed by atoms with Crippen LogP contribution in [0.25, 0.3) is 44.5 Å². The van der Waals surface area contributed by atoms with Crippen LogP contribution in [0.5, 0.6) is 0 Å². The van der Waals surface area contributed by atoms with Gasteiger partial charge in [0.25, 0.3) is 0 Å². The van der Waals surface area contributed by atoms with Gasteiger partial charge < -0.3 is 20.1 Å². The Morgan fingerprint density at radius 2 is 1.73 bits per heavy atom. The third kappa shape index (κ3) is 5.02. The molecule has 1 saturated heterocycles. The van der Waals surface area contributed by atoms with E-state index in [0.29, 0.717) is 0 Å². The lowest BCUT2D eigenvalue weighted by Gasteiger charge is -2.34. The molecule has 0 saturated carbocycles. The minimum absolute atomic E-state index is 0.229. The summed E-state index contributed by atoms with van der Waals surface area (Å²) < 4.78 is 1.80. The molecule has 1 aliphatic heterocycles. The molecule has 8 heteroatoms. The zero-order valence-electron chi connectivity index (χ0n) is 24.0. The molecule has 208 valence electrons. The van der Waals surface area contributed by atoms with Gasteiger partial charge in [-0.2, -0.15) is 5.10 Å². The Bertz CT molecular complexity index is 1750. The van der Waals surface area contributed by atoms with Crippen LogP contribution in [-0.4, -0.2) is 63.8 Å². The van der Waals surface area contributed by atoms with Crippen molar-refractivity contribution in [1.29, 1.82) is 0 Å². The Kier molecular flexibility index (Phi) is 6.93. The number of likely N-dealkylation sites (N-methyl/N-ethyl adjacent to an activating group) is 1. The zero-order chi connectivity index (χ0) is 28.7. The highest BCUT2D eigenvalue weighted by Gasteiger charge is 2.21. The molecule has 4 heterocycles. The molecule has 0 atom stereocenters. The SMILES string of the molecule is C=CC(=O)Nc1c(C)ccc(-c2c(-c3ccc(N4CCN(C)CC4)cc3)[nH]c3ncc(-c4cnn(C)c4)cc23)c1C. The normalized spacial score (nSPS) is 14.0. The van der Waals surface area contributed by atoms with E-state index in [-0.39, 0.29) is 5.91 Å². The highest BCUT2D eigenvalue weighted by atomic mass is 16.1. The Morgan fingerprint density at radius 3 is 2.41 bits per heavy atom. The van der Waals surface area contributed by atoms with E-state index in [9.17, 15) is 4.79 Å². The molecule has 8 nitrogen and oxygen atoms in total. The number of aromatic amines is 1. The quantitative estimate of drug-likeness (QED) is 0.264. The smallest absolute Gasteiger partial charge is 0.247 e. The van der Waals surface area contributed by atoms with Gasteiger partial charge in [-0.1, -0.05) is 30.8 Å². The third-order valence-electron chi connectivity index (χ3n) is 8.09. The number of amides is 1. The maximum Gasteiger partial charge on any atom is 0.247 e. The topological polar surface area (TPSA) is 82.1 Å². The fourth-order valence-corrected chi connectivity index (χ4v) is 5.68. The second-order valence-corrected chi connectivity index (χ2v) is 10.9. The van der Waals surface area contributed by atoms with Crippen molar-refractivity contribution >= 4 is 28.3 Å². The van der Waals surface area contributed by atoms with Crippen molar-refractivity contribution in [3.05, 3.63) is 84.8 Å². The number of carbonyl (C=O) groups is 1. The third-order valence-corrected chi connectivity index (χ3v) is 8.09. The number of anilines is 2. The fourth-order valence-electron chi connectivity index (χ4n) is 5.68. The molecule has 6 rings (SSSR count). The highest BCUT2D eigenvalue weighted by molar-refractivity contribution is 6.06. The Balaban J connectivity index is 1.52. The Morgan fingerprint density at radius 1 is 0.976 bits per heavy atom. The lowest BCUT2D eigenvalue weighted by molar-refractivity contribution is -0.111. The average Bonchev–Trinajstić information content (AvgIpc) is 3.59. The van der Waals surface area contributed by atoms with E-state index in [0.717, 1.165) is 87.5 Å². The first-order valence-corrected chi connectivity index (χ1v) is 13.9. The average molecular weight is 546 g/mol. The molecule has 1 fully saturated rings. The van der Waals surface area contributed by atoms with Crippen LogP contribution in [0.1, 0.15) is 11.1 Å². The summed E-state index contributed by atoms with van der Waals surface area (Å²) in [7, 11) is 4.09. The number of nitrogens with zero attached hydrogens (tertiary/aromatic N) is 5. The van der Waals surface area contributed by atoms with Crippen molar-refractivity contribution in [3.8, 4) is 33.5 Å². The predicted octanol–water partition coefficient (Wildman–Crippen LogP) is 5.79. The summed E-state index contributed by atoms with van der Waals surface area (Å²) in [6.07, 6.45) is 7.03. The molecule has 5 aromatic rings. The Hall–Kier alpha value is -4.69. The first-order valence-electron chi connectivity index (χ1n) is 13.9. The van der Waals surface area contributed by atoms with Crippen LogP contribution < -0.4 is 10.2 Å². The number of H-pyrrole nitrogens is 1. The lowest BCUT2D eigenvalue weighted by atomic mass is 9.92. The summed E-state index contributed by atoms with van der Waals surface area (Å²) in [6, 6.07) is 15.2.